The first-order chi connectivity index (χ1) is 19.7. The van der Waals surface area contributed by atoms with Gasteiger partial charge in [0.15, 0.2) is 11.5 Å². The first-order valence-corrected chi connectivity index (χ1v) is 13.4. The van der Waals surface area contributed by atoms with Crippen LogP contribution in [0.25, 0.3) is 11.1 Å². The number of carbonyl (C=O) groups is 2. The Morgan fingerprint density at radius 2 is 1.68 bits per heavy atom. The Morgan fingerprint density at radius 1 is 0.976 bits per heavy atom. The van der Waals surface area contributed by atoms with Crippen LogP contribution in [0.5, 0.6) is 17.2 Å². The average molecular weight is 561 g/mol. The standard InChI is InChI=1S/C31H36N4O6/c1-17(2)28(31(38)34-20-11-13-32-14-12-20)35-24-10-8-21-22(16-25(24)37)23(33-18(3)36)9-7-19-15-26(39-4)29(40-5)30(41-6)27(19)21/h8,10-17,23,28H,7,9H2,1-6H3,(H,33,36)(H,35,37)(H,32,34,38)/t23-,28-/m0/s1. The van der Waals surface area contributed by atoms with Gasteiger partial charge >= 0.3 is 0 Å². The smallest absolute Gasteiger partial charge is 0.247 e. The molecule has 10 heteroatoms. The molecule has 0 fully saturated rings. The lowest BCUT2D eigenvalue weighted by molar-refractivity contribution is -0.120. The molecule has 41 heavy (non-hydrogen) atoms. The summed E-state index contributed by atoms with van der Waals surface area (Å²) in [5, 5.41) is 9.05. The summed E-state index contributed by atoms with van der Waals surface area (Å²) in [7, 11) is 4.65. The van der Waals surface area contributed by atoms with Gasteiger partial charge in [0.05, 0.1) is 33.1 Å². The summed E-state index contributed by atoms with van der Waals surface area (Å²) in [5.74, 6) is 0.797. The van der Waals surface area contributed by atoms with Crippen molar-refractivity contribution in [3.63, 3.8) is 0 Å². The predicted octanol–water partition coefficient (Wildman–Crippen LogP) is 4.33. The van der Waals surface area contributed by atoms with Crippen LogP contribution in [0.1, 0.15) is 44.4 Å². The van der Waals surface area contributed by atoms with Crippen LogP contribution in [-0.2, 0) is 16.0 Å². The number of ether oxygens (including phenoxy) is 3. The molecule has 10 nitrogen and oxygen atoms in total. The lowest BCUT2D eigenvalue weighted by Gasteiger charge is -2.22. The first kappa shape index (κ1) is 29.4. The fourth-order valence-electron chi connectivity index (χ4n) is 5.18. The number of fused-ring (bicyclic) bond motifs is 3. The second-order valence-electron chi connectivity index (χ2n) is 10.2. The van der Waals surface area contributed by atoms with E-state index in [9.17, 15) is 14.4 Å². The number of aryl methyl sites for hydroxylation is 1. The number of aromatic nitrogens is 1. The van der Waals surface area contributed by atoms with Gasteiger partial charge in [0.2, 0.25) is 23.0 Å². The van der Waals surface area contributed by atoms with Crippen LogP contribution in [0.15, 0.2) is 53.6 Å². The van der Waals surface area contributed by atoms with Crippen LogP contribution in [-0.4, -0.2) is 44.2 Å². The van der Waals surface area contributed by atoms with Crippen molar-refractivity contribution < 1.29 is 23.8 Å². The minimum atomic E-state index is -0.699. The molecule has 0 unspecified atom stereocenters. The van der Waals surface area contributed by atoms with Crippen molar-refractivity contribution in [1.82, 2.24) is 10.3 Å². The fourth-order valence-corrected chi connectivity index (χ4v) is 5.18. The Morgan fingerprint density at radius 3 is 2.29 bits per heavy atom. The Labute approximate surface area is 239 Å². The molecule has 3 aromatic rings. The van der Waals surface area contributed by atoms with Gasteiger partial charge in [0.1, 0.15) is 6.04 Å². The van der Waals surface area contributed by atoms with Crippen LogP contribution in [0.2, 0.25) is 0 Å². The van der Waals surface area contributed by atoms with E-state index in [1.165, 1.54) is 20.1 Å². The highest BCUT2D eigenvalue weighted by atomic mass is 16.5. The topological polar surface area (TPSA) is 128 Å². The van der Waals surface area contributed by atoms with Crippen molar-refractivity contribution in [3.05, 3.63) is 70.1 Å². The number of nitrogens with one attached hydrogen (secondary N) is 3. The number of methoxy groups -OCH3 is 3. The normalized spacial score (nSPS) is 14.6. The molecule has 0 radical (unpaired) electrons. The summed E-state index contributed by atoms with van der Waals surface area (Å²) in [6, 6.07) is 9.20. The van der Waals surface area contributed by atoms with Crippen molar-refractivity contribution in [2.45, 2.75) is 45.7 Å². The highest BCUT2D eigenvalue weighted by Gasteiger charge is 2.30. The van der Waals surface area contributed by atoms with Gasteiger partial charge in [-0.2, -0.15) is 0 Å². The summed E-state index contributed by atoms with van der Waals surface area (Å²) in [5.41, 5.74) is 3.59. The van der Waals surface area contributed by atoms with E-state index in [0.29, 0.717) is 46.9 Å². The van der Waals surface area contributed by atoms with Crippen molar-refractivity contribution >= 4 is 23.2 Å². The number of rotatable bonds is 9. The number of benzene rings is 1. The lowest BCUT2D eigenvalue weighted by atomic mass is 9.95. The third kappa shape index (κ3) is 6.26. The molecular formula is C31H36N4O6. The van der Waals surface area contributed by atoms with E-state index in [4.69, 9.17) is 14.2 Å². The van der Waals surface area contributed by atoms with Gasteiger partial charge in [-0.05, 0) is 65.8 Å². The van der Waals surface area contributed by atoms with Gasteiger partial charge in [0.25, 0.3) is 0 Å². The molecule has 1 aliphatic carbocycles. The molecule has 0 saturated carbocycles. The Hall–Kier alpha value is -4.60. The molecule has 0 saturated heterocycles. The zero-order valence-electron chi connectivity index (χ0n) is 24.2. The summed E-state index contributed by atoms with van der Waals surface area (Å²) in [4.78, 5) is 43.1. The second-order valence-corrected chi connectivity index (χ2v) is 10.2. The quantitative estimate of drug-likeness (QED) is 0.353. The molecule has 0 aliphatic heterocycles. The average Bonchev–Trinajstić information content (AvgIpc) is 3.19. The molecule has 0 spiro atoms. The van der Waals surface area contributed by atoms with Crippen LogP contribution >= 0.6 is 0 Å². The van der Waals surface area contributed by atoms with E-state index in [0.717, 1.165) is 11.1 Å². The van der Waals surface area contributed by atoms with E-state index < -0.39 is 12.1 Å². The number of nitrogens with zero attached hydrogens (tertiary/aromatic N) is 1. The third-order valence-corrected chi connectivity index (χ3v) is 7.12. The molecule has 4 rings (SSSR count). The van der Waals surface area contributed by atoms with E-state index >= 15 is 0 Å². The number of amides is 2. The van der Waals surface area contributed by atoms with E-state index in [1.54, 1.807) is 44.8 Å². The number of anilines is 2. The maximum Gasteiger partial charge on any atom is 0.247 e. The maximum atomic E-state index is 13.7. The number of hydrogen-bond acceptors (Lipinski definition) is 8. The summed E-state index contributed by atoms with van der Waals surface area (Å²) in [6.45, 7) is 5.26. The zero-order chi connectivity index (χ0) is 29.7. The Bertz CT molecular complexity index is 1490. The highest BCUT2D eigenvalue weighted by Crippen LogP contribution is 2.50. The van der Waals surface area contributed by atoms with Crippen LogP contribution in [0, 0.1) is 5.92 Å². The van der Waals surface area contributed by atoms with E-state index in [1.807, 2.05) is 26.0 Å². The predicted molar refractivity (Wildman–Crippen MR) is 158 cm³/mol. The van der Waals surface area contributed by atoms with Crippen molar-refractivity contribution in [2.75, 3.05) is 32.0 Å². The van der Waals surface area contributed by atoms with Gasteiger partial charge in [-0.15, -0.1) is 0 Å². The molecule has 2 atom stereocenters. The first-order valence-electron chi connectivity index (χ1n) is 13.4. The summed E-state index contributed by atoms with van der Waals surface area (Å²) >= 11 is 0. The fraction of sp³-hybridized carbons (Fsp3) is 0.355. The van der Waals surface area contributed by atoms with Crippen molar-refractivity contribution in [3.8, 4) is 28.4 Å². The maximum absolute atomic E-state index is 13.7. The monoisotopic (exact) mass is 560 g/mol. The summed E-state index contributed by atoms with van der Waals surface area (Å²) < 4.78 is 17.1. The van der Waals surface area contributed by atoms with Crippen molar-refractivity contribution in [2.24, 2.45) is 5.92 Å². The molecular weight excluding hydrogens is 524 g/mol. The molecule has 3 N–H and O–H groups in total. The number of pyridine rings is 1. The van der Waals surface area contributed by atoms with Crippen LogP contribution < -0.4 is 35.6 Å². The van der Waals surface area contributed by atoms with Gasteiger partial charge in [-0.1, -0.05) is 19.9 Å². The molecule has 1 aliphatic rings. The number of carbonyl (C=O) groups excluding carboxylic acids is 2. The number of hydrogen-bond donors (Lipinski definition) is 3. The molecule has 2 aromatic carbocycles. The highest BCUT2D eigenvalue weighted by molar-refractivity contribution is 5.96. The molecule has 2 amide bonds. The lowest BCUT2D eigenvalue weighted by Crippen LogP contribution is -2.39. The third-order valence-electron chi connectivity index (χ3n) is 7.12. The van der Waals surface area contributed by atoms with Crippen molar-refractivity contribution in [1.29, 1.82) is 0 Å². The molecule has 216 valence electrons. The zero-order valence-corrected chi connectivity index (χ0v) is 24.2. The van der Waals surface area contributed by atoms with Gasteiger partial charge in [-0.25, -0.2) is 0 Å². The minimum absolute atomic E-state index is 0.135. The minimum Gasteiger partial charge on any atom is -0.493 e. The Kier molecular flexibility index (Phi) is 9.11. The Balaban J connectivity index is 1.86. The van der Waals surface area contributed by atoms with Crippen LogP contribution in [0.3, 0.4) is 0 Å². The van der Waals surface area contributed by atoms with E-state index in [2.05, 4.69) is 20.9 Å². The molecule has 1 aromatic heterocycles. The van der Waals surface area contributed by atoms with E-state index in [-0.39, 0.29) is 28.8 Å². The largest absolute Gasteiger partial charge is 0.493 e. The van der Waals surface area contributed by atoms with Gasteiger partial charge < -0.3 is 30.2 Å². The molecule has 0 bridgehead atoms. The molecule has 1 heterocycles. The van der Waals surface area contributed by atoms with Gasteiger partial charge in [0, 0.05) is 30.6 Å². The van der Waals surface area contributed by atoms with Gasteiger partial charge in [-0.3, -0.25) is 19.4 Å². The SMILES string of the molecule is COc1cc2c(c(OC)c1OC)-c1ccc(N[C@H](C(=O)Nc3ccncc3)C(C)C)c(=O)cc1[C@@H](NC(C)=O)CC2. The second kappa shape index (κ2) is 12.7. The summed E-state index contributed by atoms with van der Waals surface area (Å²) in [6.07, 6.45) is 4.33. The van der Waals surface area contributed by atoms with Crippen LogP contribution in [0.4, 0.5) is 11.4 Å².